The van der Waals surface area contributed by atoms with Crippen molar-refractivity contribution in [1.82, 2.24) is 4.98 Å². The first-order chi connectivity index (χ1) is 10.9. The summed E-state index contributed by atoms with van der Waals surface area (Å²) in [5, 5.41) is 13.4. The molecule has 0 bridgehead atoms. The second-order valence-corrected chi connectivity index (χ2v) is 5.79. The Balaban J connectivity index is 2.07. The molecule has 0 aliphatic rings. The van der Waals surface area contributed by atoms with Crippen molar-refractivity contribution in [3.63, 3.8) is 0 Å². The van der Waals surface area contributed by atoms with E-state index in [0.717, 1.165) is 33.5 Å². The van der Waals surface area contributed by atoms with E-state index in [1.54, 1.807) is 24.3 Å². The van der Waals surface area contributed by atoms with E-state index in [4.69, 9.17) is 5.11 Å². The summed E-state index contributed by atoms with van der Waals surface area (Å²) in [4.78, 5) is 15.6. The van der Waals surface area contributed by atoms with Crippen LogP contribution in [0.15, 0.2) is 42.5 Å². The highest BCUT2D eigenvalue weighted by Crippen LogP contribution is 2.30. The van der Waals surface area contributed by atoms with E-state index >= 15 is 0 Å². The number of anilines is 2. The van der Waals surface area contributed by atoms with Gasteiger partial charge in [-0.05, 0) is 68.3 Å². The molecule has 4 nitrogen and oxygen atoms in total. The van der Waals surface area contributed by atoms with Crippen molar-refractivity contribution in [1.29, 1.82) is 0 Å². The van der Waals surface area contributed by atoms with Gasteiger partial charge in [-0.2, -0.15) is 0 Å². The van der Waals surface area contributed by atoms with Crippen LogP contribution < -0.4 is 5.32 Å². The Morgan fingerprint density at radius 3 is 2.39 bits per heavy atom. The standard InChI is InChI=1S/C19H18N2O2/c1-11-8-12(2)18-16(9-11)20-13(3)10-17(18)21-15-6-4-14(5-7-15)19(22)23/h4-10H,1-3H3,(H,20,21)(H,22,23). The predicted molar refractivity (Wildman–Crippen MR) is 92.6 cm³/mol. The largest absolute Gasteiger partial charge is 0.478 e. The van der Waals surface area contributed by atoms with Gasteiger partial charge in [-0.1, -0.05) is 6.07 Å². The number of hydrogen-bond donors (Lipinski definition) is 2. The number of fused-ring (bicyclic) bond motifs is 1. The lowest BCUT2D eigenvalue weighted by Gasteiger charge is -2.13. The second-order valence-electron chi connectivity index (χ2n) is 5.79. The molecule has 0 fully saturated rings. The van der Waals surface area contributed by atoms with Crippen molar-refractivity contribution in [2.24, 2.45) is 0 Å². The molecule has 2 aromatic carbocycles. The number of nitrogens with zero attached hydrogens (tertiary/aromatic N) is 1. The highest BCUT2D eigenvalue weighted by Gasteiger charge is 2.09. The van der Waals surface area contributed by atoms with Gasteiger partial charge in [0, 0.05) is 16.8 Å². The van der Waals surface area contributed by atoms with Crippen LogP contribution in [0, 0.1) is 20.8 Å². The summed E-state index contributed by atoms with van der Waals surface area (Å²) in [7, 11) is 0. The van der Waals surface area contributed by atoms with Crippen LogP contribution >= 0.6 is 0 Å². The van der Waals surface area contributed by atoms with Gasteiger partial charge in [0.05, 0.1) is 16.8 Å². The molecule has 0 unspecified atom stereocenters. The molecule has 0 saturated carbocycles. The summed E-state index contributed by atoms with van der Waals surface area (Å²) < 4.78 is 0. The molecular formula is C19H18N2O2. The number of aromatic carboxylic acids is 1. The Morgan fingerprint density at radius 1 is 1.04 bits per heavy atom. The summed E-state index contributed by atoms with van der Waals surface area (Å²) in [6, 6.07) is 13.0. The van der Waals surface area contributed by atoms with Crippen molar-refractivity contribution in [2.75, 3.05) is 5.32 Å². The molecule has 0 saturated heterocycles. The van der Waals surface area contributed by atoms with Crippen LogP contribution in [0.5, 0.6) is 0 Å². The minimum absolute atomic E-state index is 0.276. The maximum atomic E-state index is 10.9. The molecule has 4 heteroatoms. The van der Waals surface area contributed by atoms with E-state index in [1.807, 2.05) is 13.0 Å². The van der Waals surface area contributed by atoms with Crippen LogP contribution in [0.1, 0.15) is 27.2 Å². The fourth-order valence-corrected chi connectivity index (χ4v) is 2.84. The Hall–Kier alpha value is -2.88. The number of carbonyl (C=O) groups is 1. The number of hydrogen-bond acceptors (Lipinski definition) is 3. The minimum Gasteiger partial charge on any atom is -0.478 e. The topological polar surface area (TPSA) is 62.2 Å². The smallest absolute Gasteiger partial charge is 0.335 e. The first kappa shape index (κ1) is 15.0. The van der Waals surface area contributed by atoms with Gasteiger partial charge in [-0.25, -0.2) is 4.79 Å². The number of aryl methyl sites for hydroxylation is 3. The van der Waals surface area contributed by atoms with Gasteiger partial charge in [-0.3, -0.25) is 4.98 Å². The Bertz CT molecular complexity index is 894. The first-order valence-electron chi connectivity index (χ1n) is 7.43. The summed E-state index contributed by atoms with van der Waals surface area (Å²) >= 11 is 0. The average molecular weight is 306 g/mol. The minimum atomic E-state index is -0.923. The van der Waals surface area contributed by atoms with E-state index in [2.05, 4.69) is 36.3 Å². The molecular weight excluding hydrogens is 288 g/mol. The molecule has 2 N–H and O–H groups in total. The maximum absolute atomic E-state index is 10.9. The normalized spacial score (nSPS) is 10.7. The Morgan fingerprint density at radius 2 is 1.74 bits per heavy atom. The monoisotopic (exact) mass is 306 g/mol. The van der Waals surface area contributed by atoms with Crippen molar-refractivity contribution in [2.45, 2.75) is 20.8 Å². The van der Waals surface area contributed by atoms with Crippen LogP contribution in [-0.2, 0) is 0 Å². The van der Waals surface area contributed by atoms with Crippen LogP contribution in [0.4, 0.5) is 11.4 Å². The number of aromatic nitrogens is 1. The molecule has 1 aromatic heterocycles. The summed E-state index contributed by atoms with van der Waals surface area (Å²) in [6.45, 7) is 6.11. The number of nitrogens with one attached hydrogen (secondary N) is 1. The third-order valence-corrected chi connectivity index (χ3v) is 3.79. The van der Waals surface area contributed by atoms with Crippen LogP contribution in [0.2, 0.25) is 0 Å². The summed E-state index contributed by atoms with van der Waals surface area (Å²) in [5.41, 5.74) is 6.36. The number of rotatable bonds is 3. The Labute approximate surface area is 134 Å². The van der Waals surface area contributed by atoms with E-state index in [9.17, 15) is 4.79 Å². The molecule has 0 aliphatic carbocycles. The van der Waals surface area contributed by atoms with Gasteiger partial charge in [0.2, 0.25) is 0 Å². The van der Waals surface area contributed by atoms with Crippen molar-refractivity contribution < 1.29 is 9.90 Å². The molecule has 0 aliphatic heterocycles. The predicted octanol–water partition coefficient (Wildman–Crippen LogP) is 4.60. The summed E-state index contributed by atoms with van der Waals surface area (Å²) in [6.07, 6.45) is 0. The summed E-state index contributed by atoms with van der Waals surface area (Å²) in [5.74, 6) is -0.923. The van der Waals surface area contributed by atoms with Crippen molar-refractivity contribution in [3.8, 4) is 0 Å². The average Bonchev–Trinajstić information content (AvgIpc) is 2.46. The highest BCUT2D eigenvalue weighted by atomic mass is 16.4. The van der Waals surface area contributed by atoms with Crippen molar-refractivity contribution >= 4 is 28.2 Å². The van der Waals surface area contributed by atoms with Gasteiger partial charge < -0.3 is 10.4 Å². The van der Waals surface area contributed by atoms with Crippen LogP contribution in [0.3, 0.4) is 0 Å². The molecule has 23 heavy (non-hydrogen) atoms. The van der Waals surface area contributed by atoms with Crippen LogP contribution in [-0.4, -0.2) is 16.1 Å². The second kappa shape index (κ2) is 5.72. The van der Waals surface area contributed by atoms with Gasteiger partial charge in [0.15, 0.2) is 0 Å². The zero-order valence-corrected chi connectivity index (χ0v) is 13.3. The van der Waals surface area contributed by atoms with Crippen LogP contribution in [0.25, 0.3) is 10.9 Å². The van der Waals surface area contributed by atoms with Gasteiger partial charge in [-0.15, -0.1) is 0 Å². The highest BCUT2D eigenvalue weighted by molar-refractivity contribution is 5.96. The third-order valence-electron chi connectivity index (χ3n) is 3.79. The Kier molecular flexibility index (Phi) is 3.74. The van der Waals surface area contributed by atoms with E-state index in [1.165, 1.54) is 5.56 Å². The van der Waals surface area contributed by atoms with Gasteiger partial charge in [0.25, 0.3) is 0 Å². The molecule has 0 spiro atoms. The maximum Gasteiger partial charge on any atom is 0.335 e. The van der Waals surface area contributed by atoms with Crippen molar-refractivity contribution in [3.05, 3.63) is 64.8 Å². The molecule has 0 radical (unpaired) electrons. The fourth-order valence-electron chi connectivity index (χ4n) is 2.84. The first-order valence-corrected chi connectivity index (χ1v) is 7.43. The lowest BCUT2D eigenvalue weighted by molar-refractivity contribution is 0.0697. The molecule has 3 aromatic rings. The number of carboxylic acids is 1. The zero-order valence-electron chi connectivity index (χ0n) is 13.3. The molecule has 0 amide bonds. The number of benzene rings is 2. The molecule has 116 valence electrons. The zero-order chi connectivity index (χ0) is 16.6. The molecule has 3 rings (SSSR count). The lowest BCUT2D eigenvalue weighted by Crippen LogP contribution is -1.99. The molecule has 0 atom stereocenters. The van der Waals surface area contributed by atoms with E-state index < -0.39 is 5.97 Å². The van der Waals surface area contributed by atoms with E-state index in [0.29, 0.717) is 0 Å². The number of carboxylic acid groups (broad SMARTS) is 1. The fraction of sp³-hybridized carbons (Fsp3) is 0.158. The quantitative estimate of drug-likeness (QED) is 0.742. The SMILES string of the molecule is Cc1cc(C)c2c(Nc3ccc(C(=O)O)cc3)cc(C)nc2c1. The van der Waals surface area contributed by atoms with E-state index in [-0.39, 0.29) is 5.56 Å². The number of pyridine rings is 1. The third kappa shape index (κ3) is 3.01. The molecule has 1 heterocycles. The van der Waals surface area contributed by atoms with Gasteiger partial charge >= 0.3 is 5.97 Å². The lowest BCUT2D eigenvalue weighted by atomic mass is 10.0. The van der Waals surface area contributed by atoms with Gasteiger partial charge in [0.1, 0.15) is 0 Å².